The molecule has 19 heavy (non-hydrogen) atoms. The summed E-state index contributed by atoms with van der Waals surface area (Å²) in [6, 6.07) is 6.54. The van der Waals surface area contributed by atoms with Crippen molar-refractivity contribution in [1.82, 2.24) is 15.0 Å². The number of anilines is 1. The second-order valence-electron chi connectivity index (χ2n) is 5.11. The molecule has 1 fully saturated rings. The predicted molar refractivity (Wildman–Crippen MR) is 76.0 cm³/mol. The highest BCUT2D eigenvalue weighted by atomic mass is 15.3. The lowest BCUT2D eigenvalue weighted by molar-refractivity contribution is 0.717. The maximum Gasteiger partial charge on any atom is 0.226 e. The topological polar surface area (TPSA) is 41.9 Å². The van der Waals surface area contributed by atoms with Gasteiger partial charge in [-0.2, -0.15) is 0 Å². The van der Waals surface area contributed by atoms with Gasteiger partial charge in [-0.3, -0.25) is 4.98 Å². The maximum absolute atomic E-state index is 4.68. The summed E-state index contributed by atoms with van der Waals surface area (Å²) in [5.74, 6) is 0.836. The van der Waals surface area contributed by atoms with E-state index in [4.69, 9.17) is 0 Å². The van der Waals surface area contributed by atoms with Crippen molar-refractivity contribution in [2.24, 2.45) is 0 Å². The summed E-state index contributed by atoms with van der Waals surface area (Å²) in [5, 5.41) is 0. The van der Waals surface area contributed by atoms with Crippen LogP contribution < -0.4 is 4.90 Å². The highest BCUT2D eigenvalue weighted by Crippen LogP contribution is 2.24. The summed E-state index contributed by atoms with van der Waals surface area (Å²) in [7, 11) is 0. The monoisotopic (exact) mass is 254 g/mol. The minimum atomic E-state index is 0.534. The zero-order valence-corrected chi connectivity index (χ0v) is 11.4. The van der Waals surface area contributed by atoms with Crippen molar-refractivity contribution in [1.29, 1.82) is 0 Å². The lowest BCUT2D eigenvalue weighted by Gasteiger charge is -2.21. The Morgan fingerprint density at radius 2 is 2.11 bits per heavy atom. The van der Waals surface area contributed by atoms with Crippen LogP contribution >= 0.6 is 0 Å². The van der Waals surface area contributed by atoms with Crippen molar-refractivity contribution in [3.63, 3.8) is 0 Å². The van der Waals surface area contributed by atoms with Crippen molar-refractivity contribution in [2.45, 2.75) is 32.7 Å². The van der Waals surface area contributed by atoms with Crippen molar-refractivity contribution < 1.29 is 0 Å². The Labute approximate surface area is 113 Å². The van der Waals surface area contributed by atoms with Crippen molar-refractivity contribution >= 4 is 5.95 Å². The third-order valence-corrected chi connectivity index (χ3v) is 3.66. The molecule has 3 heterocycles. The first-order chi connectivity index (χ1) is 9.24. The maximum atomic E-state index is 4.68. The van der Waals surface area contributed by atoms with Gasteiger partial charge >= 0.3 is 0 Å². The predicted octanol–water partition coefficient (Wildman–Crippen LogP) is 2.84. The molecule has 1 aliphatic rings. The molecule has 4 nitrogen and oxygen atoms in total. The number of hydrogen-bond donors (Lipinski definition) is 0. The number of pyridine rings is 1. The van der Waals surface area contributed by atoms with Crippen molar-refractivity contribution in [3.05, 3.63) is 36.3 Å². The fourth-order valence-corrected chi connectivity index (χ4v) is 2.50. The van der Waals surface area contributed by atoms with Crippen LogP contribution in [0.15, 0.2) is 30.6 Å². The molecule has 2 aromatic rings. The Kier molecular flexibility index (Phi) is 3.15. The SMILES string of the molecule is Cc1ccc(-c2ccnc(N3CCCC3C)n2)cn1. The molecule has 0 amide bonds. The second-order valence-corrected chi connectivity index (χ2v) is 5.11. The van der Waals surface area contributed by atoms with E-state index in [1.807, 2.05) is 31.5 Å². The molecule has 2 aromatic heterocycles. The Morgan fingerprint density at radius 1 is 1.21 bits per heavy atom. The van der Waals surface area contributed by atoms with E-state index in [0.717, 1.165) is 29.4 Å². The van der Waals surface area contributed by atoms with Crippen LogP contribution in [0.2, 0.25) is 0 Å². The first-order valence-corrected chi connectivity index (χ1v) is 6.77. The Morgan fingerprint density at radius 3 is 2.79 bits per heavy atom. The molecule has 3 rings (SSSR count). The quantitative estimate of drug-likeness (QED) is 0.826. The number of hydrogen-bond acceptors (Lipinski definition) is 4. The summed E-state index contributed by atoms with van der Waals surface area (Å²) in [6.45, 7) is 5.27. The van der Waals surface area contributed by atoms with E-state index in [-0.39, 0.29) is 0 Å². The lowest BCUT2D eigenvalue weighted by atomic mass is 10.2. The van der Waals surface area contributed by atoms with E-state index in [1.165, 1.54) is 12.8 Å². The zero-order chi connectivity index (χ0) is 13.2. The van der Waals surface area contributed by atoms with Crippen LogP contribution in [0, 0.1) is 6.92 Å². The molecule has 0 radical (unpaired) electrons. The fourth-order valence-electron chi connectivity index (χ4n) is 2.50. The Balaban J connectivity index is 1.93. The van der Waals surface area contributed by atoms with Crippen LogP contribution in [0.25, 0.3) is 11.3 Å². The van der Waals surface area contributed by atoms with Gasteiger partial charge in [-0.05, 0) is 44.9 Å². The van der Waals surface area contributed by atoms with Gasteiger partial charge in [0.25, 0.3) is 0 Å². The van der Waals surface area contributed by atoms with E-state index >= 15 is 0 Å². The third-order valence-electron chi connectivity index (χ3n) is 3.66. The van der Waals surface area contributed by atoms with Gasteiger partial charge in [0.05, 0.1) is 5.69 Å². The van der Waals surface area contributed by atoms with Crippen LogP contribution in [0.5, 0.6) is 0 Å². The molecule has 1 aliphatic heterocycles. The first-order valence-electron chi connectivity index (χ1n) is 6.77. The molecule has 98 valence electrons. The van der Waals surface area contributed by atoms with Crippen LogP contribution in [0.3, 0.4) is 0 Å². The van der Waals surface area contributed by atoms with Crippen LogP contribution in [-0.2, 0) is 0 Å². The average Bonchev–Trinajstić information content (AvgIpc) is 2.86. The molecule has 0 N–H and O–H groups in total. The van der Waals surface area contributed by atoms with Crippen LogP contribution in [0.4, 0.5) is 5.95 Å². The molecule has 0 saturated carbocycles. The second kappa shape index (κ2) is 4.96. The number of rotatable bonds is 2. The van der Waals surface area contributed by atoms with E-state index in [9.17, 15) is 0 Å². The van der Waals surface area contributed by atoms with Crippen LogP contribution in [-0.4, -0.2) is 27.5 Å². The fraction of sp³-hybridized carbons (Fsp3) is 0.400. The minimum absolute atomic E-state index is 0.534. The van der Waals surface area contributed by atoms with E-state index in [2.05, 4.69) is 32.8 Å². The van der Waals surface area contributed by atoms with E-state index in [0.29, 0.717) is 6.04 Å². The molecule has 1 atom stereocenters. The molecular weight excluding hydrogens is 236 g/mol. The molecule has 0 aromatic carbocycles. The molecule has 4 heteroatoms. The largest absolute Gasteiger partial charge is 0.338 e. The summed E-state index contributed by atoms with van der Waals surface area (Å²) in [4.78, 5) is 15.7. The van der Waals surface area contributed by atoms with Gasteiger partial charge < -0.3 is 4.90 Å². The summed E-state index contributed by atoms with van der Waals surface area (Å²) in [5.41, 5.74) is 3.00. The van der Waals surface area contributed by atoms with Gasteiger partial charge in [-0.1, -0.05) is 0 Å². The van der Waals surface area contributed by atoms with Gasteiger partial charge in [-0.15, -0.1) is 0 Å². The minimum Gasteiger partial charge on any atom is -0.338 e. The zero-order valence-electron chi connectivity index (χ0n) is 11.4. The standard InChI is InChI=1S/C15H18N4/c1-11-5-6-13(10-17-11)14-7-8-16-15(18-14)19-9-3-4-12(19)2/h5-8,10,12H,3-4,9H2,1-2H3. The smallest absolute Gasteiger partial charge is 0.226 e. The third kappa shape index (κ3) is 2.43. The lowest BCUT2D eigenvalue weighted by Crippen LogP contribution is -2.28. The first kappa shape index (κ1) is 12.1. The number of aromatic nitrogens is 3. The van der Waals surface area contributed by atoms with Crippen molar-refractivity contribution in [3.8, 4) is 11.3 Å². The Bertz CT molecular complexity index is 565. The van der Waals surface area contributed by atoms with Gasteiger partial charge in [0.15, 0.2) is 0 Å². The summed E-state index contributed by atoms with van der Waals surface area (Å²) >= 11 is 0. The number of aryl methyl sites for hydroxylation is 1. The highest BCUT2D eigenvalue weighted by molar-refractivity contribution is 5.59. The highest BCUT2D eigenvalue weighted by Gasteiger charge is 2.22. The summed E-state index contributed by atoms with van der Waals surface area (Å²) in [6.07, 6.45) is 6.15. The molecule has 0 aliphatic carbocycles. The van der Waals surface area contributed by atoms with E-state index in [1.54, 1.807) is 0 Å². The molecule has 0 spiro atoms. The van der Waals surface area contributed by atoms with Gasteiger partial charge in [0.2, 0.25) is 5.95 Å². The van der Waals surface area contributed by atoms with Gasteiger partial charge in [0.1, 0.15) is 0 Å². The molecule has 0 bridgehead atoms. The molecule has 1 unspecified atom stereocenters. The summed E-state index contributed by atoms with van der Waals surface area (Å²) < 4.78 is 0. The van der Waals surface area contributed by atoms with Gasteiger partial charge in [0, 0.05) is 36.2 Å². The van der Waals surface area contributed by atoms with Crippen molar-refractivity contribution in [2.75, 3.05) is 11.4 Å². The van der Waals surface area contributed by atoms with Crippen LogP contribution in [0.1, 0.15) is 25.5 Å². The molecular formula is C15H18N4. The Hall–Kier alpha value is -1.97. The van der Waals surface area contributed by atoms with E-state index < -0.39 is 0 Å². The normalized spacial score (nSPS) is 18.8. The average molecular weight is 254 g/mol. The van der Waals surface area contributed by atoms with Gasteiger partial charge in [-0.25, -0.2) is 9.97 Å². The number of nitrogens with zero attached hydrogens (tertiary/aromatic N) is 4. The molecule has 1 saturated heterocycles.